The Morgan fingerprint density at radius 2 is 1.33 bits per heavy atom. The van der Waals surface area contributed by atoms with E-state index < -0.39 is 59.8 Å². The first-order chi connectivity index (χ1) is 28.9. The fourth-order valence-corrected chi connectivity index (χ4v) is 7.33. The lowest BCUT2D eigenvalue weighted by Gasteiger charge is -2.38. The number of piperidine rings is 1. The average Bonchev–Trinajstić information content (AvgIpc) is 3.92. The van der Waals surface area contributed by atoms with Crippen LogP contribution in [0, 0.1) is 25.5 Å². The van der Waals surface area contributed by atoms with Crippen molar-refractivity contribution in [2.75, 3.05) is 38.5 Å². The third-order valence-electron chi connectivity index (χ3n) is 10.3. The predicted molar refractivity (Wildman–Crippen MR) is 221 cm³/mol. The molecule has 4 aliphatic heterocycles. The number of carbonyl (C=O) groups is 7. The van der Waals surface area contributed by atoms with Gasteiger partial charge in [0.05, 0.1) is 6.42 Å². The molecule has 5 unspecified atom stereocenters. The van der Waals surface area contributed by atoms with Gasteiger partial charge in [0.1, 0.15) is 48.5 Å². The minimum atomic E-state index is -0.820. The van der Waals surface area contributed by atoms with Crippen molar-refractivity contribution in [3.05, 3.63) is 65.2 Å². The lowest BCUT2D eigenvalue weighted by Crippen LogP contribution is -2.59. The van der Waals surface area contributed by atoms with Crippen LogP contribution in [0.5, 0.6) is 0 Å². The van der Waals surface area contributed by atoms with E-state index in [1.54, 1.807) is 42.7 Å². The number of amides is 7. The first-order valence-electron chi connectivity index (χ1n) is 20.8. The topological polar surface area (TPSA) is 178 Å². The smallest absolute Gasteiger partial charge is 0.329 e. The van der Waals surface area contributed by atoms with E-state index in [1.807, 2.05) is 32.9 Å². The monoisotopic (exact) mass is 859 g/mol. The summed E-state index contributed by atoms with van der Waals surface area (Å²) in [5.74, 6) is -3.53. The van der Waals surface area contributed by atoms with Gasteiger partial charge in [0.2, 0.25) is 23.6 Å². The highest BCUT2D eigenvalue weighted by Gasteiger charge is 2.43. The number of nitrogens with one attached hydrogen (secondary N) is 3. The van der Waals surface area contributed by atoms with Crippen molar-refractivity contribution in [2.45, 2.75) is 123 Å². The Hall–Kier alpha value is -5.68. The Labute approximate surface area is 355 Å². The molecule has 7 amide bonds. The average molecular weight is 860 g/mol. The quantitative estimate of drug-likeness (QED) is 0.287. The molecule has 0 saturated carbocycles. The molecule has 0 bridgehead atoms. The fourth-order valence-electron chi connectivity index (χ4n) is 7.33. The summed E-state index contributed by atoms with van der Waals surface area (Å²) in [5.41, 5.74) is 2.28. The van der Waals surface area contributed by atoms with Crippen molar-refractivity contribution in [2.24, 2.45) is 0 Å². The molecular weight excluding hydrogens is 800 g/mol. The number of cyclic esters (lactones) is 1. The number of hydrogen-bond acceptors (Lipinski definition) is 8. The molecule has 4 fully saturated rings. The molecule has 61 heavy (non-hydrogen) atoms. The van der Waals surface area contributed by atoms with Crippen LogP contribution in [0.3, 0.4) is 0 Å². The molecule has 5 atom stereocenters. The number of urea groups is 1. The summed E-state index contributed by atoms with van der Waals surface area (Å²) in [5, 5.41) is 7.47. The number of rotatable bonds is 3. The third-order valence-corrected chi connectivity index (χ3v) is 10.3. The van der Waals surface area contributed by atoms with E-state index in [0.717, 1.165) is 31.5 Å². The van der Waals surface area contributed by atoms with Gasteiger partial charge in [-0.05, 0) is 102 Å². The SMILES string of the molecule is CC.CC1CC(=O)N2CCCC2C(=O)N2CCCCC2C(=O)NC(C)C(=O)N2CCCC2C(=O)O1.Cc1cc(F)cc(F)c1.Cc1ccc(NC(=O)NCC(=O)N(C)F)cc1. The number of benzene rings is 2. The largest absolute Gasteiger partial charge is 0.461 e. The predicted octanol–water partition coefficient (Wildman–Crippen LogP) is 4.95. The van der Waals surface area contributed by atoms with Crippen molar-refractivity contribution >= 4 is 47.2 Å². The number of anilines is 1. The van der Waals surface area contributed by atoms with E-state index in [0.29, 0.717) is 63.0 Å². The number of likely N-dealkylation sites (N-methyl/N-ethyl adjacent to an activating group) is 1. The number of halogens is 3. The summed E-state index contributed by atoms with van der Waals surface area (Å²) in [4.78, 5) is 92.3. The lowest BCUT2D eigenvalue weighted by molar-refractivity contribution is -0.160. The maximum Gasteiger partial charge on any atom is 0.329 e. The zero-order chi connectivity index (χ0) is 45.4. The summed E-state index contributed by atoms with van der Waals surface area (Å²) >= 11 is 0. The van der Waals surface area contributed by atoms with Crippen LogP contribution in [0.1, 0.15) is 90.2 Å². The molecule has 336 valence electrons. The van der Waals surface area contributed by atoms with Gasteiger partial charge in [-0.2, -0.15) is 5.12 Å². The van der Waals surface area contributed by atoms with Crippen LogP contribution in [-0.4, -0.2) is 125 Å². The van der Waals surface area contributed by atoms with Crippen LogP contribution in [0.25, 0.3) is 0 Å². The highest BCUT2D eigenvalue weighted by Crippen LogP contribution is 2.27. The number of nitrogens with zero attached hydrogens (tertiary/aromatic N) is 4. The third kappa shape index (κ3) is 14.8. The number of fused-ring (bicyclic) bond motifs is 3. The summed E-state index contributed by atoms with van der Waals surface area (Å²) < 4.78 is 42.2. The van der Waals surface area contributed by atoms with Crippen LogP contribution in [0.15, 0.2) is 42.5 Å². The maximum absolute atomic E-state index is 13.5. The lowest BCUT2D eigenvalue weighted by atomic mass is 9.99. The molecule has 6 rings (SSSR count). The van der Waals surface area contributed by atoms with Crippen LogP contribution in [0.4, 0.5) is 23.7 Å². The molecule has 0 aliphatic carbocycles. The minimum absolute atomic E-state index is 0.0174. The van der Waals surface area contributed by atoms with Gasteiger partial charge in [-0.1, -0.05) is 36.0 Å². The van der Waals surface area contributed by atoms with Crippen LogP contribution >= 0.6 is 0 Å². The molecule has 18 heteroatoms. The molecule has 3 N–H and O–H groups in total. The van der Waals surface area contributed by atoms with Crippen molar-refractivity contribution < 1.29 is 51.6 Å². The van der Waals surface area contributed by atoms with Crippen molar-refractivity contribution in [1.29, 1.82) is 0 Å². The first-order valence-corrected chi connectivity index (χ1v) is 20.8. The van der Waals surface area contributed by atoms with E-state index in [4.69, 9.17) is 4.74 Å². The normalized spacial score (nSPS) is 22.9. The van der Waals surface area contributed by atoms with Crippen LogP contribution < -0.4 is 16.0 Å². The number of ether oxygens (including phenoxy) is 1. The second kappa shape index (κ2) is 23.9. The molecule has 0 radical (unpaired) electrons. The Morgan fingerprint density at radius 3 is 1.93 bits per heavy atom. The number of esters is 1. The molecule has 4 aliphatic rings. The molecular formula is C43H60F3N7O8. The molecule has 4 heterocycles. The Bertz CT molecular complexity index is 1800. The molecule has 0 aromatic heterocycles. The number of aryl methyl sites for hydroxylation is 2. The number of carbonyl (C=O) groups excluding carboxylic acids is 7. The zero-order valence-electron chi connectivity index (χ0n) is 36.1. The van der Waals surface area contributed by atoms with E-state index in [1.165, 1.54) is 17.0 Å². The van der Waals surface area contributed by atoms with E-state index >= 15 is 0 Å². The summed E-state index contributed by atoms with van der Waals surface area (Å²) in [6.45, 7) is 11.8. The summed E-state index contributed by atoms with van der Waals surface area (Å²) in [6.07, 6.45) is 3.88. The van der Waals surface area contributed by atoms with Crippen LogP contribution in [-0.2, 0) is 33.5 Å². The molecule has 2 aromatic rings. The highest BCUT2D eigenvalue weighted by molar-refractivity contribution is 5.96. The summed E-state index contributed by atoms with van der Waals surface area (Å²) in [7, 11) is 0.974. The summed E-state index contributed by atoms with van der Waals surface area (Å²) in [6, 6.07) is 7.22. The van der Waals surface area contributed by atoms with Crippen molar-refractivity contribution in [3.8, 4) is 0 Å². The van der Waals surface area contributed by atoms with Gasteiger partial charge in [0.15, 0.2) is 0 Å². The highest BCUT2D eigenvalue weighted by atomic mass is 19.2. The Balaban J connectivity index is 0.000000293. The van der Waals surface area contributed by atoms with Gasteiger partial charge in [-0.25, -0.2) is 18.4 Å². The van der Waals surface area contributed by atoms with Gasteiger partial charge in [-0.15, -0.1) is 0 Å². The first kappa shape index (κ1) is 49.7. The van der Waals surface area contributed by atoms with Gasteiger partial charge in [0.25, 0.3) is 5.91 Å². The van der Waals surface area contributed by atoms with Gasteiger partial charge < -0.3 is 35.4 Å². The van der Waals surface area contributed by atoms with Crippen molar-refractivity contribution in [3.63, 3.8) is 0 Å². The Morgan fingerprint density at radius 1 is 0.770 bits per heavy atom. The van der Waals surface area contributed by atoms with E-state index in [-0.39, 0.29) is 41.7 Å². The fraction of sp³-hybridized carbons (Fsp3) is 0.558. The molecule has 4 saturated heterocycles. The zero-order valence-corrected chi connectivity index (χ0v) is 36.1. The van der Waals surface area contributed by atoms with Gasteiger partial charge in [0, 0.05) is 38.4 Å². The molecule has 2 aromatic carbocycles. The van der Waals surface area contributed by atoms with Crippen molar-refractivity contribution in [1.82, 2.24) is 30.5 Å². The van der Waals surface area contributed by atoms with Gasteiger partial charge >= 0.3 is 12.0 Å². The second-order valence-electron chi connectivity index (χ2n) is 15.2. The molecule has 0 spiro atoms. The van der Waals surface area contributed by atoms with E-state index in [2.05, 4.69) is 16.0 Å². The number of hydrogen-bond donors (Lipinski definition) is 3. The molecule has 15 nitrogen and oxygen atoms in total. The Kier molecular flexibility index (Phi) is 19.5. The van der Waals surface area contributed by atoms with E-state index in [9.17, 15) is 46.8 Å². The maximum atomic E-state index is 13.5. The second-order valence-corrected chi connectivity index (χ2v) is 15.2. The standard InChI is InChI=1S/C23H34N4O6.C11H14FN3O2.C7H6F2.C2H6/c1-14-13-19(28)25-11-5-8-17(25)22(31)26-10-4-3-7-16(26)20(29)24-15(2)21(30)27-12-6-9-18(27)23(32)33-14;1-8-3-5-9(6-4-8)14-11(17)13-7-10(16)15(2)12;1-5-2-6(8)4-7(9)3-5;1-2/h14-18H,3-13H2,1-2H3,(H,24,29);3-6H,7H2,1-2H3,(H2,13,14,17);2-4H,1H3;1-2H3. The van der Waals surface area contributed by atoms with Crippen LogP contribution in [0.2, 0.25) is 0 Å². The van der Waals surface area contributed by atoms with Gasteiger partial charge in [-0.3, -0.25) is 24.0 Å². The minimum Gasteiger partial charge on any atom is -0.461 e.